The van der Waals surface area contributed by atoms with Crippen molar-refractivity contribution in [3.63, 3.8) is 0 Å². The molecule has 0 saturated carbocycles. The minimum absolute atomic E-state index is 0.0813. The monoisotopic (exact) mass is 357 g/mol. The molecule has 0 aliphatic rings. The van der Waals surface area contributed by atoms with Crippen molar-refractivity contribution in [1.82, 2.24) is 20.2 Å². The molecule has 8 nitrogen and oxygen atoms in total. The van der Waals surface area contributed by atoms with Gasteiger partial charge in [-0.3, -0.25) is 4.79 Å². The van der Waals surface area contributed by atoms with E-state index in [1.165, 1.54) is 16.1 Å². The van der Waals surface area contributed by atoms with Crippen LogP contribution >= 0.6 is 11.3 Å². The van der Waals surface area contributed by atoms with Gasteiger partial charge in [-0.2, -0.15) is 4.80 Å². The van der Waals surface area contributed by atoms with Gasteiger partial charge in [0.1, 0.15) is 6.54 Å². The van der Waals surface area contributed by atoms with Gasteiger partial charge in [0.15, 0.2) is 0 Å². The molecule has 1 amide bonds. The number of carbonyl (C=O) groups excluding carboxylic acids is 2. The molecule has 2 aromatic heterocycles. The fourth-order valence-electron chi connectivity index (χ4n) is 2.08. The number of nitrogens with one attached hydrogen (secondary N) is 1. The minimum Gasteiger partial charge on any atom is -0.462 e. The van der Waals surface area contributed by atoms with Gasteiger partial charge in [-0.25, -0.2) is 4.79 Å². The first-order valence-corrected chi connectivity index (χ1v) is 8.42. The number of nitrogens with zero attached hydrogens (tertiary/aromatic N) is 4. The van der Waals surface area contributed by atoms with Crippen LogP contribution in [0, 0.1) is 0 Å². The number of hydrogen-bond donors (Lipinski definition) is 1. The molecule has 0 atom stereocenters. The summed E-state index contributed by atoms with van der Waals surface area (Å²) in [6.07, 6.45) is 0. The van der Waals surface area contributed by atoms with E-state index in [0.717, 1.165) is 4.88 Å². The van der Waals surface area contributed by atoms with Crippen molar-refractivity contribution in [2.75, 3.05) is 11.9 Å². The third-order valence-corrected chi connectivity index (χ3v) is 4.00. The summed E-state index contributed by atoms with van der Waals surface area (Å²) in [6.45, 7) is 1.95. The molecule has 0 aliphatic heterocycles. The third-order valence-electron chi connectivity index (χ3n) is 3.14. The average molecular weight is 357 g/mol. The molecular formula is C16H15N5O3S. The van der Waals surface area contributed by atoms with Crippen LogP contribution in [0.15, 0.2) is 41.8 Å². The van der Waals surface area contributed by atoms with Crippen LogP contribution in [0.25, 0.3) is 10.7 Å². The Morgan fingerprint density at radius 3 is 2.92 bits per heavy atom. The third kappa shape index (κ3) is 4.27. The number of hydrogen-bond acceptors (Lipinski definition) is 7. The topological polar surface area (TPSA) is 99.0 Å². The van der Waals surface area contributed by atoms with Crippen molar-refractivity contribution in [1.29, 1.82) is 0 Å². The number of rotatable bonds is 6. The van der Waals surface area contributed by atoms with Crippen LogP contribution in [0.4, 0.5) is 5.69 Å². The molecule has 0 saturated heterocycles. The van der Waals surface area contributed by atoms with Gasteiger partial charge in [-0.15, -0.1) is 21.5 Å². The molecule has 2 heterocycles. The van der Waals surface area contributed by atoms with E-state index in [9.17, 15) is 9.59 Å². The second-order valence-electron chi connectivity index (χ2n) is 4.97. The Kier molecular flexibility index (Phi) is 5.14. The van der Waals surface area contributed by atoms with E-state index < -0.39 is 5.97 Å². The normalized spacial score (nSPS) is 10.4. The van der Waals surface area contributed by atoms with Crippen LogP contribution in [0.1, 0.15) is 17.3 Å². The standard InChI is InChI=1S/C16H15N5O3S/c1-2-24-16(23)11-5-3-6-12(9-11)17-14(22)10-21-19-15(18-20-21)13-7-4-8-25-13/h3-9H,2,10H2,1H3,(H,17,22). The van der Waals surface area contributed by atoms with Crippen LogP contribution in [0.3, 0.4) is 0 Å². The van der Waals surface area contributed by atoms with Crippen LogP contribution in [-0.4, -0.2) is 38.7 Å². The van der Waals surface area contributed by atoms with E-state index in [4.69, 9.17) is 4.74 Å². The van der Waals surface area contributed by atoms with Gasteiger partial charge in [0, 0.05) is 5.69 Å². The zero-order valence-corrected chi connectivity index (χ0v) is 14.2. The SMILES string of the molecule is CCOC(=O)c1cccc(NC(=O)Cn2nnc(-c3cccs3)n2)c1. The summed E-state index contributed by atoms with van der Waals surface area (Å²) >= 11 is 1.50. The summed E-state index contributed by atoms with van der Waals surface area (Å²) in [4.78, 5) is 26.0. The maximum absolute atomic E-state index is 12.1. The summed E-state index contributed by atoms with van der Waals surface area (Å²) in [5.74, 6) is -0.277. The molecule has 128 valence electrons. The quantitative estimate of drug-likeness (QED) is 0.679. The highest BCUT2D eigenvalue weighted by atomic mass is 32.1. The first-order valence-electron chi connectivity index (χ1n) is 7.54. The summed E-state index contributed by atoms with van der Waals surface area (Å²) in [5, 5.41) is 16.6. The molecule has 3 aromatic rings. The number of ether oxygens (including phenoxy) is 1. The molecule has 0 fully saturated rings. The van der Waals surface area contributed by atoms with Gasteiger partial charge in [0.2, 0.25) is 11.7 Å². The van der Waals surface area contributed by atoms with E-state index >= 15 is 0 Å². The lowest BCUT2D eigenvalue weighted by Gasteiger charge is -2.06. The van der Waals surface area contributed by atoms with Crippen molar-refractivity contribution in [2.45, 2.75) is 13.5 Å². The number of carbonyl (C=O) groups is 2. The summed E-state index contributed by atoms with van der Waals surface area (Å²) in [7, 11) is 0. The molecule has 0 unspecified atom stereocenters. The summed E-state index contributed by atoms with van der Waals surface area (Å²) in [6, 6.07) is 10.3. The molecule has 9 heteroatoms. The molecule has 0 radical (unpaired) electrons. The molecule has 0 aliphatic carbocycles. The fourth-order valence-corrected chi connectivity index (χ4v) is 2.73. The number of esters is 1. The zero-order chi connectivity index (χ0) is 17.6. The number of amides is 1. The molecular weight excluding hydrogens is 342 g/mol. The Hall–Kier alpha value is -3.07. The predicted molar refractivity (Wildman–Crippen MR) is 92.2 cm³/mol. The van der Waals surface area contributed by atoms with Crippen molar-refractivity contribution >= 4 is 28.9 Å². The van der Waals surface area contributed by atoms with Gasteiger partial charge in [0.05, 0.1) is 17.0 Å². The first-order chi connectivity index (χ1) is 12.2. The highest BCUT2D eigenvalue weighted by molar-refractivity contribution is 7.13. The van der Waals surface area contributed by atoms with E-state index in [1.807, 2.05) is 17.5 Å². The molecule has 25 heavy (non-hydrogen) atoms. The summed E-state index contributed by atoms with van der Waals surface area (Å²) in [5.41, 5.74) is 0.868. The molecule has 3 rings (SSSR count). The number of aromatic nitrogens is 4. The lowest BCUT2D eigenvalue weighted by Crippen LogP contribution is -2.20. The van der Waals surface area contributed by atoms with Crippen LogP contribution in [0.2, 0.25) is 0 Å². The molecule has 1 N–H and O–H groups in total. The Morgan fingerprint density at radius 1 is 1.28 bits per heavy atom. The van der Waals surface area contributed by atoms with Crippen molar-refractivity contribution in [2.24, 2.45) is 0 Å². The average Bonchev–Trinajstić information content (AvgIpc) is 3.26. The number of thiophene rings is 1. The Bertz CT molecular complexity index is 876. The molecule has 0 spiro atoms. The smallest absolute Gasteiger partial charge is 0.338 e. The maximum atomic E-state index is 12.1. The Labute approximate surface area is 147 Å². The van der Waals surface area contributed by atoms with Crippen molar-refractivity contribution < 1.29 is 14.3 Å². The highest BCUT2D eigenvalue weighted by Crippen LogP contribution is 2.19. The molecule has 1 aromatic carbocycles. The van der Waals surface area contributed by atoms with Crippen LogP contribution in [0.5, 0.6) is 0 Å². The van der Waals surface area contributed by atoms with Crippen molar-refractivity contribution in [3.05, 3.63) is 47.3 Å². The minimum atomic E-state index is -0.433. The lowest BCUT2D eigenvalue weighted by atomic mass is 10.2. The van der Waals surface area contributed by atoms with Gasteiger partial charge < -0.3 is 10.1 Å². The van der Waals surface area contributed by atoms with Gasteiger partial charge in [-0.1, -0.05) is 12.1 Å². The number of anilines is 1. The van der Waals surface area contributed by atoms with E-state index in [2.05, 4.69) is 20.7 Å². The van der Waals surface area contributed by atoms with Crippen molar-refractivity contribution in [3.8, 4) is 10.7 Å². The van der Waals surface area contributed by atoms with Gasteiger partial charge in [-0.05, 0) is 41.8 Å². The number of benzene rings is 1. The zero-order valence-electron chi connectivity index (χ0n) is 13.4. The van der Waals surface area contributed by atoms with Crippen LogP contribution in [-0.2, 0) is 16.1 Å². The second kappa shape index (κ2) is 7.67. The number of tetrazole rings is 1. The lowest BCUT2D eigenvalue weighted by molar-refractivity contribution is -0.117. The van der Waals surface area contributed by atoms with E-state index in [0.29, 0.717) is 23.7 Å². The fraction of sp³-hybridized carbons (Fsp3) is 0.188. The Balaban J connectivity index is 1.63. The highest BCUT2D eigenvalue weighted by Gasteiger charge is 2.11. The largest absolute Gasteiger partial charge is 0.462 e. The maximum Gasteiger partial charge on any atom is 0.338 e. The first kappa shape index (κ1) is 16.8. The van der Waals surface area contributed by atoms with Crippen LogP contribution < -0.4 is 5.32 Å². The Morgan fingerprint density at radius 2 is 2.16 bits per heavy atom. The predicted octanol–water partition coefficient (Wildman–Crippen LogP) is 2.22. The van der Waals surface area contributed by atoms with E-state index in [-0.39, 0.29) is 12.5 Å². The second-order valence-corrected chi connectivity index (χ2v) is 5.92. The summed E-state index contributed by atoms with van der Waals surface area (Å²) < 4.78 is 4.94. The van der Waals surface area contributed by atoms with Gasteiger partial charge >= 0.3 is 5.97 Å². The molecule has 0 bridgehead atoms. The van der Waals surface area contributed by atoms with E-state index in [1.54, 1.807) is 31.2 Å². The van der Waals surface area contributed by atoms with Gasteiger partial charge in [0.25, 0.3) is 0 Å².